The van der Waals surface area contributed by atoms with Gasteiger partial charge in [0.2, 0.25) is 0 Å². The van der Waals surface area contributed by atoms with E-state index < -0.39 is 38.0 Å². The highest BCUT2D eigenvalue weighted by atomic mass is 28.4. The zero-order valence-electron chi connectivity index (χ0n) is 17.2. The first kappa shape index (κ1) is 22.9. The summed E-state index contributed by atoms with van der Waals surface area (Å²) in [6, 6.07) is 0. The Hall–Kier alpha value is -1.12. The van der Waals surface area contributed by atoms with Crippen LogP contribution < -0.4 is 0 Å². The highest BCUT2D eigenvalue weighted by Crippen LogP contribution is 2.42. The highest BCUT2D eigenvalue weighted by molar-refractivity contribution is 6.74. The molecule has 0 aromatic carbocycles. The molecule has 0 aromatic heterocycles. The number of rotatable bonds is 6. The van der Waals surface area contributed by atoms with E-state index in [-0.39, 0.29) is 37.6 Å². The van der Waals surface area contributed by atoms with Gasteiger partial charge >= 0.3 is 12.1 Å². The van der Waals surface area contributed by atoms with Crippen molar-refractivity contribution in [3.05, 3.63) is 0 Å². The number of nitrogens with zero attached hydrogens (tertiary/aromatic N) is 1. The smallest absolute Gasteiger partial charge is 0.407 e. The van der Waals surface area contributed by atoms with Crippen LogP contribution in [0.1, 0.15) is 47.5 Å². The molecule has 1 heterocycles. The Morgan fingerprint density at radius 1 is 1.23 bits per heavy atom. The van der Waals surface area contributed by atoms with Crippen LogP contribution in [0.25, 0.3) is 0 Å². The molecule has 0 bridgehead atoms. The number of carbonyl (C=O) groups excluding carboxylic acids is 1. The molecule has 1 aliphatic rings. The SMILES string of the molecule is CCOC(=O)C1(C(O)[C@H](C)O[Si](C)(C)C(C)(C)C)CCN(C(=O)O)CC1. The normalized spacial score (nSPS) is 20.4. The fourth-order valence-electron chi connectivity index (χ4n) is 3.15. The van der Waals surface area contributed by atoms with Gasteiger partial charge in [-0.05, 0) is 44.8 Å². The highest BCUT2D eigenvalue weighted by Gasteiger charge is 2.52. The van der Waals surface area contributed by atoms with Gasteiger partial charge in [-0.15, -0.1) is 0 Å². The predicted molar refractivity (Wildman–Crippen MR) is 102 cm³/mol. The Morgan fingerprint density at radius 2 is 1.73 bits per heavy atom. The van der Waals surface area contributed by atoms with Crippen molar-refractivity contribution in [2.24, 2.45) is 5.41 Å². The predicted octanol–water partition coefficient (Wildman–Crippen LogP) is 3.08. The van der Waals surface area contributed by atoms with Crippen molar-refractivity contribution < 1.29 is 29.0 Å². The van der Waals surface area contributed by atoms with Crippen LogP contribution in [0, 0.1) is 5.41 Å². The average molecular weight is 390 g/mol. The number of aliphatic hydroxyl groups is 1. The van der Waals surface area contributed by atoms with Crippen LogP contribution in [0.5, 0.6) is 0 Å². The van der Waals surface area contributed by atoms with Gasteiger partial charge in [-0.25, -0.2) is 4.79 Å². The molecule has 2 atom stereocenters. The molecule has 0 spiro atoms. The fraction of sp³-hybridized carbons (Fsp3) is 0.889. The minimum absolute atomic E-state index is 0.0231. The van der Waals surface area contributed by atoms with Gasteiger partial charge in [-0.3, -0.25) is 4.79 Å². The minimum Gasteiger partial charge on any atom is -0.465 e. The maximum absolute atomic E-state index is 12.7. The molecule has 1 rings (SSSR count). The number of amides is 1. The maximum Gasteiger partial charge on any atom is 0.407 e. The summed E-state index contributed by atoms with van der Waals surface area (Å²) in [5.74, 6) is -0.469. The molecule has 8 heteroatoms. The molecule has 1 saturated heterocycles. The van der Waals surface area contributed by atoms with Gasteiger partial charge in [0, 0.05) is 13.1 Å². The summed E-state index contributed by atoms with van der Waals surface area (Å²) in [6.45, 7) is 14.7. The molecule has 0 saturated carbocycles. The second-order valence-corrected chi connectivity index (χ2v) is 13.4. The first-order valence-electron chi connectivity index (χ1n) is 9.29. The summed E-state index contributed by atoms with van der Waals surface area (Å²) in [7, 11) is -2.13. The number of hydrogen-bond acceptors (Lipinski definition) is 5. The minimum atomic E-state index is -2.13. The Kier molecular flexibility index (Phi) is 7.29. The van der Waals surface area contributed by atoms with E-state index in [0.717, 1.165) is 0 Å². The first-order valence-corrected chi connectivity index (χ1v) is 12.2. The second kappa shape index (κ2) is 8.27. The number of piperidine rings is 1. The largest absolute Gasteiger partial charge is 0.465 e. The summed E-state index contributed by atoms with van der Waals surface area (Å²) in [6.07, 6.45) is -2.15. The monoisotopic (exact) mass is 389 g/mol. The van der Waals surface area contributed by atoms with E-state index in [4.69, 9.17) is 14.3 Å². The Labute approximate surface area is 157 Å². The Balaban J connectivity index is 3.04. The molecular formula is C18H35NO6Si. The van der Waals surface area contributed by atoms with Crippen LogP contribution in [0.3, 0.4) is 0 Å². The number of likely N-dealkylation sites (tertiary alicyclic amines) is 1. The second-order valence-electron chi connectivity index (χ2n) is 8.67. The van der Waals surface area contributed by atoms with Crippen LogP contribution in [0.2, 0.25) is 18.1 Å². The van der Waals surface area contributed by atoms with Crippen molar-refractivity contribution in [3.8, 4) is 0 Å². The molecule has 2 N–H and O–H groups in total. The van der Waals surface area contributed by atoms with Gasteiger partial charge in [-0.2, -0.15) is 0 Å². The van der Waals surface area contributed by atoms with Crippen molar-refractivity contribution in [1.29, 1.82) is 0 Å². The molecule has 0 aliphatic carbocycles. The van der Waals surface area contributed by atoms with Crippen molar-refractivity contribution in [2.75, 3.05) is 19.7 Å². The lowest BCUT2D eigenvalue weighted by Crippen LogP contribution is -2.57. The molecule has 0 aromatic rings. The van der Waals surface area contributed by atoms with Gasteiger partial charge < -0.3 is 24.3 Å². The third-order valence-corrected chi connectivity index (χ3v) is 10.5. The van der Waals surface area contributed by atoms with Crippen LogP contribution in [0.4, 0.5) is 4.79 Å². The average Bonchev–Trinajstić information content (AvgIpc) is 2.52. The van der Waals surface area contributed by atoms with Crippen LogP contribution in [-0.4, -0.2) is 67.4 Å². The standard InChI is InChI=1S/C18H35NO6Si/c1-8-24-15(21)18(9-11-19(12-10-18)16(22)23)14(20)13(2)25-26(6,7)17(3,4)5/h13-14,20H,8-12H2,1-7H3,(H,22,23)/t13-,14?/m0/s1. The molecule has 1 aliphatic heterocycles. The molecule has 1 unspecified atom stereocenters. The molecule has 1 amide bonds. The number of ether oxygens (including phenoxy) is 1. The van der Waals surface area contributed by atoms with Crippen LogP contribution >= 0.6 is 0 Å². The third kappa shape index (κ3) is 4.78. The van der Waals surface area contributed by atoms with E-state index >= 15 is 0 Å². The van der Waals surface area contributed by atoms with Crippen LogP contribution in [0.15, 0.2) is 0 Å². The summed E-state index contributed by atoms with van der Waals surface area (Å²) in [5, 5.41) is 20.2. The molecule has 7 nitrogen and oxygen atoms in total. The van der Waals surface area contributed by atoms with Gasteiger partial charge in [0.25, 0.3) is 0 Å². The van der Waals surface area contributed by atoms with Gasteiger partial charge in [0.1, 0.15) is 0 Å². The maximum atomic E-state index is 12.7. The fourth-order valence-corrected chi connectivity index (χ4v) is 4.56. The van der Waals surface area contributed by atoms with E-state index in [9.17, 15) is 14.7 Å². The van der Waals surface area contributed by atoms with E-state index in [1.165, 1.54) is 4.90 Å². The molecule has 0 radical (unpaired) electrons. The number of carbonyl (C=O) groups is 2. The zero-order valence-corrected chi connectivity index (χ0v) is 18.2. The lowest BCUT2D eigenvalue weighted by atomic mass is 9.72. The number of carboxylic acid groups (broad SMARTS) is 1. The van der Waals surface area contributed by atoms with Crippen molar-refractivity contribution in [3.63, 3.8) is 0 Å². The van der Waals surface area contributed by atoms with Crippen molar-refractivity contribution in [1.82, 2.24) is 4.90 Å². The van der Waals surface area contributed by atoms with E-state index in [1.807, 2.05) is 0 Å². The van der Waals surface area contributed by atoms with Gasteiger partial charge in [-0.1, -0.05) is 20.8 Å². The quantitative estimate of drug-likeness (QED) is 0.535. The van der Waals surface area contributed by atoms with E-state index in [0.29, 0.717) is 0 Å². The lowest BCUT2D eigenvalue weighted by molar-refractivity contribution is -0.173. The van der Waals surface area contributed by atoms with Gasteiger partial charge in [0.15, 0.2) is 8.32 Å². The summed E-state index contributed by atoms with van der Waals surface area (Å²) >= 11 is 0. The van der Waals surface area contributed by atoms with E-state index in [1.54, 1.807) is 13.8 Å². The Morgan fingerprint density at radius 3 is 2.12 bits per heavy atom. The summed E-state index contributed by atoms with van der Waals surface area (Å²) < 4.78 is 11.5. The summed E-state index contributed by atoms with van der Waals surface area (Å²) in [4.78, 5) is 25.2. The van der Waals surface area contributed by atoms with Crippen LogP contribution in [-0.2, 0) is 14.0 Å². The van der Waals surface area contributed by atoms with E-state index in [2.05, 4.69) is 33.9 Å². The third-order valence-electron chi connectivity index (χ3n) is 5.91. The van der Waals surface area contributed by atoms with Gasteiger partial charge in [0.05, 0.1) is 24.2 Å². The first-order chi connectivity index (χ1) is 11.8. The number of esters is 1. The number of aliphatic hydroxyl groups excluding tert-OH is 1. The molecule has 152 valence electrons. The van der Waals surface area contributed by atoms with Crippen molar-refractivity contribution >= 4 is 20.4 Å². The molecular weight excluding hydrogens is 354 g/mol. The lowest BCUT2D eigenvalue weighted by Gasteiger charge is -2.46. The summed E-state index contributed by atoms with van der Waals surface area (Å²) in [5.41, 5.74) is -1.14. The molecule has 1 fully saturated rings. The topological polar surface area (TPSA) is 96.3 Å². The number of hydrogen-bond donors (Lipinski definition) is 2. The Bertz CT molecular complexity index is 508. The van der Waals surface area contributed by atoms with Crippen molar-refractivity contribution in [2.45, 2.75) is 77.8 Å². The molecule has 26 heavy (non-hydrogen) atoms. The zero-order chi connectivity index (χ0) is 20.3.